The van der Waals surface area contributed by atoms with E-state index in [-0.39, 0.29) is 22.3 Å². The second-order valence-electron chi connectivity index (χ2n) is 9.36. The zero-order chi connectivity index (χ0) is 25.8. The van der Waals surface area contributed by atoms with Crippen molar-refractivity contribution in [3.05, 3.63) is 112 Å². The monoisotopic (exact) mass is 516 g/mol. The molecular weight excluding hydrogens is 488 g/mol. The van der Waals surface area contributed by atoms with Crippen LogP contribution in [-0.4, -0.2) is 37.4 Å². The minimum Gasteiger partial charge on any atom is -0.490 e. The predicted molar refractivity (Wildman–Crippen MR) is 143 cm³/mol. The van der Waals surface area contributed by atoms with Crippen LogP contribution in [-0.2, 0) is 22.1 Å². The molecule has 1 heterocycles. The molecule has 0 spiro atoms. The van der Waals surface area contributed by atoms with E-state index in [0.717, 1.165) is 37.9 Å². The molecule has 190 valence electrons. The van der Waals surface area contributed by atoms with Gasteiger partial charge in [0.2, 0.25) is 0 Å². The molecule has 0 aliphatic carbocycles. The highest BCUT2D eigenvalue weighted by atomic mass is 32.2. The quantitative estimate of drug-likeness (QED) is 0.218. The van der Waals surface area contributed by atoms with Gasteiger partial charge in [0.1, 0.15) is 11.9 Å². The molecular formula is C29H28N2O5S. The first-order valence-electron chi connectivity index (χ1n) is 12.3. The first-order chi connectivity index (χ1) is 17.9. The third kappa shape index (κ3) is 5.81. The number of nitro benzene ring substituents is 1. The fourth-order valence-electron chi connectivity index (χ4n) is 4.90. The average Bonchev–Trinajstić information content (AvgIpc) is 2.90. The molecule has 1 saturated heterocycles. The van der Waals surface area contributed by atoms with Crippen LogP contribution in [0.3, 0.4) is 0 Å². The van der Waals surface area contributed by atoms with Crippen molar-refractivity contribution in [2.45, 2.75) is 36.1 Å². The summed E-state index contributed by atoms with van der Waals surface area (Å²) in [5, 5.41) is 13.1. The maximum atomic E-state index is 13.4. The van der Waals surface area contributed by atoms with E-state index >= 15 is 0 Å². The molecule has 1 fully saturated rings. The van der Waals surface area contributed by atoms with Crippen molar-refractivity contribution in [2.75, 3.05) is 13.1 Å². The van der Waals surface area contributed by atoms with E-state index < -0.39 is 20.5 Å². The van der Waals surface area contributed by atoms with Crippen LogP contribution >= 0.6 is 0 Å². The number of likely N-dealkylation sites (tertiary alicyclic amines) is 1. The van der Waals surface area contributed by atoms with Crippen LogP contribution in [0.1, 0.15) is 24.0 Å². The largest absolute Gasteiger partial charge is 0.490 e. The number of benzene rings is 4. The van der Waals surface area contributed by atoms with Gasteiger partial charge in [-0.25, -0.2) is 8.42 Å². The van der Waals surface area contributed by atoms with Gasteiger partial charge in [-0.2, -0.15) is 0 Å². The molecule has 0 atom stereocenters. The average molecular weight is 517 g/mol. The number of fused-ring (bicyclic) bond motifs is 1. The second kappa shape index (κ2) is 10.7. The summed E-state index contributed by atoms with van der Waals surface area (Å²) < 4.78 is 33.0. The maximum absolute atomic E-state index is 13.4. The van der Waals surface area contributed by atoms with E-state index in [9.17, 15) is 18.5 Å². The van der Waals surface area contributed by atoms with Gasteiger partial charge in [-0.3, -0.25) is 15.0 Å². The lowest BCUT2D eigenvalue weighted by Gasteiger charge is -2.32. The number of ether oxygens (including phenoxy) is 1. The summed E-state index contributed by atoms with van der Waals surface area (Å²) in [6.07, 6.45) is 1.62. The first-order valence-corrected chi connectivity index (χ1v) is 13.9. The van der Waals surface area contributed by atoms with Crippen molar-refractivity contribution in [3.63, 3.8) is 0 Å². The third-order valence-electron chi connectivity index (χ3n) is 6.76. The summed E-state index contributed by atoms with van der Waals surface area (Å²) in [7, 11) is -3.85. The van der Waals surface area contributed by atoms with Gasteiger partial charge in [0.05, 0.1) is 15.6 Å². The molecule has 0 bridgehead atoms. The number of sulfone groups is 1. The van der Waals surface area contributed by atoms with Gasteiger partial charge in [-0.1, -0.05) is 66.7 Å². The van der Waals surface area contributed by atoms with Crippen LogP contribution in [0.25, 0.3) is 10.8 Å². The molecule has 7 nitrogen and oxygen atoms in total. The molecule has 1 aliphatic heterocycles. The number of piperidine rings is 1. The van der Waals surface area contributed by atoms with Crippen LogP contribution in [0.15, 0.2) is 95.9 Å². The lowest BCUT2D eigenvalue weighted by atomic mass is 10.1. The normalized spacial score (nSPS) is 15.0. The van der Waals surface area contributed by atoms with Gasteiger partial charge in [-0.15, -0.1) is 0 Å². The van der Waals surface area contributed by atoms with E-state index in [2.05, 4.69) is 17.0 Å². The van der Waals surface area contributed by atoms with E-state index in [0.29, 0.717) is 11.1 Å². The Balaban J connectivity index is 1.32. The van der Waals surface area contributed by atoms with Gasteiger partial charge in [0.15, 0.2) is 9.84 Å². The van der Waals surface area contributed by atoms with Gasteiger partial charge < -0.3 is 4.74 Å². The highest BCUT2D eigenvalue weighted by molar-refractivity contribution is 7.90. The zero-order valence-corrected chi connectivity index (χ0v) is 21.1. The number of hydrogen-bond donors (Lipinski definition) is 0. The molecule has 0 radical (unpaired) electrons. The molecule has 4 aromatic carbocycles. The molecule has 37 heavy (non-hydrogen) atoms. The Labute approximate surface area is 216 Å². The van der Waals surface area contributed by atoms with E-state index in [4.69, 9.17) is 4.74 Å². The standard InChI is InChI=1S/C29H28N2O5S/c32-31(33)28-14-13-26(36-25-15-17-30(18-16-25)20-22-7-2-1-3-8-22)19-24(28)21-37(34,35)29-12-6-10-23-9-4-5-11-27(23)29/h1-14,19,25H,15-18,20-21H2. The van der Waals surface area contributed by atoms with Crippen molar-refractivity contribution in [1.82, 2.24) is 4.90 Å². The molecule has 0 saturated carbocycles. The van der Waals surface area contributed by atoms with Crippen molar-refractivity contribution in [1.29, 1.82) is 0 Å². The Morgan fingerprint density at radius 3 is 2.35 bits per heavy atom. The molecule has 0 amide bonds. The van der Waals surface area contributed by atoms with Gasteiger partial charge in [0.25, 0.3) is 5.69 Å². The number of nitro groups is 1. The van der Waals surface area contributed by atoms with Gasteiger partial charge in [0, 0.05) is 36.7 Å². The fourth-order valence-corrected chi connectivity index (χ4v) is 6.50. The Morgan fingerprint density at radius 2 is 1.59 bits per heavy atom. The van der Waals surface area contributed by atoms with Crippen molar-refractivity contribution < 1.29 is 18.1 Å². The molecule has 0 unspecified atom stereocenters. The van der Waals surface area contributed by atoms with Gasteiger partial charge >= 0.3 is 0 Å². The molecule has 4 aromatic rings. The smallest absolute Gasteiger partial charge is 0.273 e. The lowest BCUT2D eigenvalue weighted by Crippen LogP contribution is -2.37. The number of nitrogens with zero attached hydrogens (tertiary/aromatic N) is 2. The van der Waals surface area contributed by atoms with Crippen LogP contribution in [0, 0.1) is 10.1 Å². The minimum absolute atomic E-state index is 0.0315. The van der Waals surface area contributed by atoms with Crippen LogP contribution in [0.5, 0.6) is 5.75 Å². The van der Waals surface area contributed by atoms with E-state index in [1.807, 2.05) is 36.4 Å². The summed E-state index contributed by atoms with van der Waals surface area (Å²) in [6.45, 7) is 2.66. The Hall–Kier alpha value is -3.75. The molecule has 8 heteroatoms. The zero-order valence-electron chi connectivity index (χ0n) is 20.3. The summed E-state index contributed by atoms with van der Waals surface area (Å²) in [5.74, 6) is -0.0282. The van der Waals surface area contributed by atoms with Crippen molar-refractivity contribution >= 4 is 26.3 Å². The highest BCUT2D eigenvalue weighted by Crippen LogP contribution is 2.32. The minimum atomic E-state index is -3.85. The SMILES string of the molecule is O=[N+]([O-])c1ccc(OC2CCN(Cc3ccccc3)CC2)cc1CS(=O)(=O)c1cccc2ccccc12. The van der Waals surface area contributed by atoms with Crippen LogP contribution < -0.4 is 4.74 Å². The first kappa shape index (κ1) is 24.9. The number of hydrogen-bond acceptors (Lipinski definition) is 6. The Morgan fingerprint density at radius 1 is 0.892 bits per heavy atom. The Bertz CT molecular complexity index is 1510. The topological polar surface area (TPSA) is 89.8 Å². The Kier molecular flexibility index (Phi) is 7.21. The molecule has 5 rings (SSSR count). The predicted octanol–water partition coefficient (Wildman–Crippen LogP) is 5.77. The lowest BCUT2D eigenvalue weighted by molar-refractivity contribution is -0.385. The summed E-state index contributed by atoms with van der Waals surface area (Å²) in [5.41, 5.74) is 1.17. The second-order valence-corrected chi connectivity index (χ2v) is 11.3. The summed E-state index contributed by atoms with van der Waals surface area (Å²) >= 11 is 0. The molecule has 1 aliphatic rings. The van der Waals surface area contributed by atoms with Crippen molar-refractivity contribution in [2.24, 2.45) is 0 Å². The van der Waals surface area contributed by atoms with E-state index in [1.54, 1.807) is 30.3 Å². The van der Waals surface area contributed by atoms with Crippen molar-refractivity contribution in [3.8, 4) is 5.75 Å². The maximum Gasteiger partial charge on any atom is 0.273 e. The molecule has 0 N–H and O–H groups in total. The number of rotatable bonds is 8. The van der Waals surface area contributed by atoms with Gasteiger partial charge in [-0.05, 0) is 42.0 Å². The highest BCUT2D eigenvalue weighted by Gasteiger charge is 2.26. The van der Waals surface area contributed by atoms with E-state index in [1.165, 1.54) is 17.7 Å². The third-order valence-corrected chi connectivity index (χ3v) is 8.48. The molecule has 0 aromatic heterocycles. The fraction of sp³-hybridized carbons (Fsp3) is 0.241. The van der Waals surface area contributed by atoms with Crippen LogP contribution in [0.4, 0.5) is 5.69 Å². The van der Waals surface area contributed by atoms with Crippen LogP contribution in [0.2, 0.25) is 0 Å². The summed E-state index contributed by atoms with van der Waals surface area (Å²) in [4.78, 5) is 13.7. The summed E-state index contributed by atoms with van der Waals surface area (Å²) in [6, 6.07) is 27.0.